The average molecular weight is 336 g/mol. The Balaban J connectivity index is 1.68. The van der Waals surface area contributed by atoms with Gasteiger partial charge in [-0.25, -0.2) is 4.98 Å². The third kappa shape index (κ3) is 3.38. The molecular formula is C19H20N4O2. The lowest BCUT2D eigenvalue weighted by Gasteiger charge is -2.15. The van der Waals surface area contributed by atoms with Gasteiger partial charge in [-0.2, -0.15) is 0 Å². The minimum Gasteiger partial charge on any atom is -0.318 e. The van der Waals surface area contributed by atoms with Crippen LogP contribution in [0.4, 0.5) is 0 Å². The molecule has 3 rings (SSSR count). The molecule has 0 spiro atoms. The highest BCUT2D eigenvalue weighted by Crippen LogP contribution is 2.17. The van der Waals surface area contributed by atoms with Crippen molar-refractivity contribution in [2.24, 2.45) is 0 Å². The fourth-order valence-electron chi connectivity index (χ4n) is 2.77. The van der Waals surface area contributed by atoms with Crippen LogP contribution < -0.4 is 10.9 Å². The Morgan fingerprint density at radius 2 is 1.84 bits per heavy atom. The molecule has 0 aliphatic rings. The number of hydrogen-bond acceptors (Lipinski definition) is 3. The number of fused-ring (bicyclic) bond motifs is 1. The predicted octanol–water partition coefficient (Wildman–Crippen LogP) is 2.68. The molecule has 0 radical (unpaired) electrons. The molecule has 0 aliphatic heterocycles. The lowest BCUT2D eigenvalue weighted by atomic mass is 10.1. The summed E-state index contributed by atoms with van der Waals surface area (Å²) in [5.41, 5.74) is 9.13. The topological polar surface area (TPSA) is 76.0 Å². The van der Waals surface area contributed by atoms with E-state index >= 15 is 0 Å². The second-order valence-electron chi connectivity index (χ2n) is 6.08. The number of nitrogens with one attached hydrogen (secondary N) is 2. The lowest BCUT2D eigenvalue weighted by Crippen LogP contribution is -2.44. The van der Waals surface area contributed by atoms with Crippen molar-refractivity contribution in [3.05, 3.63) is 65.5 Å². The smallest absolute Gasteiger partial charge is 0.269 e. The fraction of sp³-hybridized carbons (Fsp3) is 0.211. The molecule has 2 aromatic carbocycles. The van der Waals surface area contributed by atoms with Gasteiger partial charge in [0.2, 0.25) is 0 Å². The van der Waals surface area contributed by atoms with Crippen LogP contribution in [0.2, 0.25) is 0 Å². The molecule has 25 heavy (non-hydrogen) atoms. The number of imidazole rings is 1. The lowest BCUT2D eigenvalue weighted by molar-refractivity contribution is -0.124. The van der Waals surface area contributed by atoms with Crippen LogP contribution in [-0.4, -0.2) is 21.4 Å². The average Bonchev–Trinajstić information content (AvgIpc) is 3.02. The van der Waals surface area contributed by atoms with Crippen molar-refractivity contribution in [2.45, 2.75) is 26.8 Å². The molecule has 0 bridgehead atoms. The first-order valence-electron chi connectivity index (χ1n) is 8.06. The van der Waals surface area contributed by atoms with E-state index in [4.69, 9.17) is 0 Å². The molecule has 6 nitrogen and oxygen atoms in total. The minimum atomic E-state index is -0.508. The van der Waals surface area contributed by atoms with E-state index in [1.165, 1.54) is 0 Å². The molecule has 0 unspecified atom stereocenters. The number of para-hydroxylation sites is 2. The van der Waals surface area contributed by atoms with Crippen LogP contribution >= 0.6 is 0 Å². The Labute approximate surface area is 145 Å². The van der Waals surface area contributed by atoms with Crippen LogP contribution in [0.15, 0.2) is 48.8 Å². The first-order chi connectivity index (χ1) is 12.0. The standard InChI is InChI=1S/C19H20N4O2/c1-12-8-9-15(13(2)10-12)19(25)22-21-18(24)14(3)23-11-20-16-6-4-5-7-17(16)23/h4-11,14H,1-3H3,(H,21,24)(H,22,25)/t14-/m0/s1. The van der Waals surface area contributed by atoms with E-state index in [1.807, 2.05) is 50.2 Å². The number of nitrogens with zero attached hydrogens (tertiary/aromatic N) is 2. The second-order valence-corrected chi connectivity index (χ2v) is 6.08. The zero-order valence-corrected chi connectivity index (χ0v) is 14.4. The highest BCUT2D eigenvalue weighted by Gasteiger charge is 2.18. The second kappa shape index (κ2) is 6.76. The quantitative estimate of drug-likeness (QED) is 0.722. The van der Waals surface area contributed by atoms with Gasteiger partial charge in [0.15, 0.2) is 0 Å². The Hall–Kier alpha value is -3.15. The molecular weight excluding hydrogens is 316 g/mol. The van der Waals surface area contributed by atoms with E-state index in [9.17, 15) is 9.59 Å². The largest absolute Gasteiger partial charge is 0.318 e. The monoisotopic (exact) mass is 336 g/mol. The van der Waals surface area contributed by atoms with Gasteiger partial charge in [-0.1, -0.05) is 29.8 Å². The van der Waals surface area contributed by atoms with Crippen LogP contribution in [0.25, 0.3) is 11.0 Å². The summed E-state index contributed by atoms with van der Waals surface area (Å²) in [6.07, 6.45) is 1.63. The molecule has 128 valence electrons. The van der Waals surface area contributed by atoms with Gasteiger partial charge in [-0.15, -0.1) is 0 Å². The number of aryl methyl sites for hydroxylation is 2. The summed E-state index contributed by atoms with van der Waals surface area (Å²) in [6.45, 7) is 5.59. The number of benzene rings is 2. The van der Waals surface area contributed by atoms with Crippen molar-refractivity contribution in [2.75, 3.05) is 0 Å². The van der Waals surface area contributed by atoms with E-state index in [0.29, 0.717) is 5.56 Å². The van der Waals surface area contributed by atoms with Crippen molar-refractivity contribution in [1.29, 1.82) is 0 Å². The maximum absolute atomic E-state index is 12.4. The summed E-state index contributed by atoms with van der Waals surface area (Å²) in [7, 11) is 0. The Morgan fingerprint density at radius 1 is 1.08 bits per heavy atom. The van der Waals surface area contributed by atoms with Crippen LogP contribution in [-0.2, 0) is 4.79 Å². The van der Waals surface area contributed by atoms with Crippen LogP contribution in [0.1, 0.15) is 34.5 Å². The summed E-state index contributed by atoms with van der Waals surface area (Å²) in [5.74, 6) is -0.658. The summed E-state index contributed by atoms with van der Waals surface area (Å²) in [5, 5.41) is 0. The van der Waals surface area contributed by atoms with Crippen molar-refractivity contribution in [3.63, 3.8) is 0 Å². The van der Waals surface area contributed by atoms with Crippen molar-refractivity contribution < 1.29 is 9.59 Å². The molecule has 3 aromatic rings. The zero-order chi connectivity index (χ0) is 18.0. The van der Waals surface area contributed by atoms with Crippen molar-refractivity contribution in [1.82, 2.24) is 20.4 Å². The van der Waals surface area contributed by atoms with Crippen LogP contribution in [0, 0.1) is 13.8 Å². The Morgan fingerprint density at radius 3 is 2.60 bits per heavy atom. The number of hydrazine groups is 1. The van der Waals surface area contributed by atoms with Crippen LogP contribution in [0.5, 0.6) is 0 Å². The predicted molar refractivity (Wildman–Crippen MR) is 96.0 cm³/mol. The molecule has 6 heteroatoms. The molecule has 1 heterocycles. The molecule has 0 aliphatic carbocycles. The molecule has 0 fully saturated rings. The highest BCUT2D eigenvalue weighted by molar-refractivity contribution is 5.97. The maximum atomic E-state index is 12.4. The van der Waals surface area contributed by atoms with Gasteiger partial charge in [0.25, 0.3) is 11.8 Å². The van der Waals surface area contributed by atoms with Gasteiger partial charge in [-0.05, 0) is 44.5 Å². The summed E-state index contributed by atoms with van der Waals surface area (Å²) < 4.78 is 1.77. The van der Waals surface area contributed by atoms with Gasteiger partial charge >= 0.3 is 0 Å². The van der Waals surface area contributed by atoms with E-state index in [-0.39, 0.29) is 11.8 Å². The zero-order valence-electron chi connectivity index (χ0n) is 14.4. The van der Waals surface area contributed by atoms with Gasteiger partial charge in [0.05, 0.1) is 17.4 Å². The van der Waals surface area contributed by atoms with Crippen LogP contribution in [0.3, 0.4) is 0 Å². The maximum Gasteiger partial charge on any atom is 0.269 e. The first-order valence-corrected chi connectivity index (χ1v) is 8.06. The number of hydrogen-bond donors (Lipinski definition) is 2. The van der Waals surface area contributed by atoms with Gasteiger partial charge in [-0.3, -0.25) is 20.4 Å². The Kier molecular flexibility index (Phi) is 4.52. The molecule has 0 saturated heterocycles. The molecule has 0 saturated carbocycles. The first kappa shape index (κ1) is 16.7. The fourth-order valence-corrected chi connectivity index (χ4v) is 2.77. The number of carbonyl (C=O) groups is 2. The van der Waals surface area contributed by atoms with E-state index < -0.39 is 6.04 Å². The number of carbonyl (C=O) groups excluding carboxylic acids is 2. The van der Waals surface area contributed by atoms with Gasteiger partial charge in [0, 0.05) is 5.56 Å². The molecule has 1 atom stereocenters. The third-order valence-electron chi connectivity index (χ3n) is 4.20. The molecule has 2 N–H and O–H groups in total. The van der Waals surface area contributed by atoms with Crippen molar-refractivity contribution in [3.8, 4) is 0 Å². The minimum absolute atomic E-state index is 0.318. The summed E-state index contributed by atoms with van der Waals surface area (Å²) in [4.78, 5) is 28.9. The summed E-state index contributed by atoms with van der Waals surface area (Å²) in [6, 6.07) is 12.6. The normalized spacial score (nSPS) is 12.0. The van der Waals surface area contributed by atoms with E-state index in [1.54, 1.807) is 23.9 Å². The molecule has 2 amide bonds. The SMILES string of the molecule is Cc1ccc(C(=O)NNC(=O)[C@H](C)n2cnc3ccccc32)c(C)c1. The highest BCUT2D eigenvalue weighted by atomic mass is 16.2. The van der Waals surface area contributed by atoms with Gasteiger partial charge < -0.3 is 4.57 Å². The third-order valence-corrected chi connectivity index (χ3v) is 4.20. The molecule has 1 aromatic heterocycles. The Bertz CT molecular complexity index is 946. The number of aromatic nitrogens is 2. The van der Waals surface area contributed by atoms with Crippen molar-refractivity contribution >= 4 is 22.8 Å². The number of rotatable bonds is 3. The van der Waals surface area contributed by atoms with Gasteiger partial charge in [0.1, 0.15) is 6.04 Å². The summed E-state index contributed by atoms with van der Waals surface area (Å²) >= 11 is 0. The van der Waals surface area contributed by atoms with E-state index in [2.05, 4.69) is 15.8 Å². The van der Waals surface area contributed by atoms with E-state index in [0.717, 1.165) is 22.2 Å². The number of amides is 2.